The zero-order valence-corrected chi connectivity index (χ0v) is 10.2. The first-order chi connectivity index (χ1) is 8.83. The van der Waals surface area contributed by atoms with E-state index in [1.54, 1.807) is 6.33 Å². The minimum Gasteiger partial charge on any atom is -0.323 e. The molecule has 5 nitrogen and oxygen atoms in total. The SMILES string of the molecule is NC(CN1CCn2cnnc2C1)c1ccccc1. The number of hydrogen-bond acceptors (Lipinski definition) is 4. The Kier molecular flexibility index (Phi) is 3.08. The molecule has 0 bridgehead atoms. The third-order valence-corrected chi connectivity index (χ3v) is 3.40. The monoisotopic (exact) mass is 243 g/mol. The van der Waals surface area contributed by atoms with Crippen molar-refractivity contribution in [2.75, 3.05) is 13.1 Å². The Bertz CT molecular complexity index is 507. The van der Waals surface area contributed by atoms with Crippen molar-refractivity contribution >= 4 is 0 Å². The first-order valence-electron chi connectivity index (χ1n) is 6.22. The predicted octanol–water partition coefficient (Wildman–Crippen LogP) is 0.794. The van der Waals surface area contributed by atoms with Crippen LogP contribution in [-0.2, 0) is 13.1 Å². The zero-order valence-electron chi connectivity index (χ0n) is 10.2. The highest BCUT2D eigenvalue weighted by Crippen LogP contribution is 2.15. The molecule has 3 rings (SSSR count). The molecule has 1 aliphatic heterocycles. The fraction of sp³-hybridized carbons (Fsp3) is 0.385. The molecule has 18 heavy (non-hydrogen) atoms. The fourth-order valence-electron chi connectivity index (χ4n) is 2.36. The second-order valence-corrected chi connectivity index (χ2v) is 4.69. The van der Waals surface area contributed by atoms with Crippen LogP contribution in [0, 0.1) is 0 Å². The van der Waals surface area contributed by atoms with Gasteiger partial charge in [-0.3, -0.25) is 4.90 Å². The van der Waals surface area contributed by atoms with Crippen LogP contribution in [0.1, 0.15) is 17.4 Å². The molecule has 1 aromatic carbocycles. The van der Waals surface area contributed by atoms with Crippen molar-refractivity contribution in [1.82, 2.24) is 19.7 Å². The summed E-state index contributed by atoms with van der Waals surface area (Å²) in [4.78, 5) is 2.34. The molecule has 0 amide bonds. The highest BCUT2D eigenvalue weighted by Gasteiger charge is 2.19. The van der Waals surface area contributed by atoms with Gasteiger partial charge in [0.05, 0.1) is 6.54 Å². The Morgan fingerprint density at radius 3 is 2.89 bits per heavy atom. The van der Waals surface area contributed by atoms with E-state index in [9.17, 15) is 0 Å². The average molecular weight is 243 g/mol. The Labute approximate surface area is 106 Å². The topological polar surface area (TPSA) is 60.0 Å². The number of fused-ring (bicyclic) bond motifs is 1. The number of nitrogens with zero attached hydrogens (tertiary/aromatic N) is 4. The highest BCUT2D eigenvalue weighted by molar-refractivity contribution is 5.18. The van der Waals surface area contributed by atoms with E-state index in [1.807, 2.05) is 18.2 Å². The van der Waals surface area contributed by atoms with Gasteiger partial charge in [-0.1, -0.05) is 30.3 Å². The summed E-state index contributed by atoms with van der Waals surface area (Å²) < 4.78 is 2.10. The van der Waals surface area contributed by atoms with E-state index in [4.69, 9.17) is 5.73 Å². The van der Waals surface area contributed by atoms with Crippen molar-refractivity contribution in [3.05, 3.63) is 48.0 Å². The van der Waals surface area contributed by atoms with Gasteiger partial charge >= 0.3 is 0 Å². The van der Waals surface area contributed by atoms with E-state index >= 15 is 0 Å². The number of hydrogen-bond donors (Lipinski definition) is 1. The number of rotatable bonds is 3. The van der Waals surface area contributed by atoms with Crippen molar-refractivity contribution in [1.29, 1.82) is 0 Å². The summed E-state index contributed by atoms with van der Waals surface area (Å²) in [5.41, 5.74) is 7.42. The molecule has 2 heterocycles. The molecular formula is C13H17N5. The molecule has 0 radical (unpaired) electrons. The van der Waals surface area contributed by atoms with Crippen molar-refractivity contribution in [3.63, 3.8) is 0 Å². The summed E-state index contributed by atoms with van der Waals surface area (Å²) in [6.07, 6.45) is 1.80. The first kappa shape index (κ1) is 11.4. The largest absolute Gasteiger partial charge is 0.323 e. The average Bonchev–Trinajstić information content (AvgIpc) is 2.87. The van der Waals surface area contributed by atoms with Crippen LogP contribution in [0.2, 0.25) is 0 Å². The summed E-state index contributed by atoms with van der Waals surface area (Å²) in [7, 11) is 0. The molecule has 2 N–H and O–H groups in total. The van der Waals surface area contributed by atoms with E-state index in [-0.39, 0.29) is 6.04 Å². The second kappa shape index (κ2) is 4.88. The minimum atomic E-state index is 0.0562. The van der Waals surface area contributed by atoms with Crippen LogP contribution in [-0.4, -0.2) is 32.8 Å². The van der Waals surface area contributed by atoms with Gasteiger partial charge < -0.3 is 10.3 Å². The van der Waals surface area contributed by atoms with Gasteiger partial charge in [-0.15, -0.1) is 10.2 Å². The van der Waals surface area contributed by atoms with Gasteiger partial charge in [0.1, 0.15) is 12.2 Å². The van der Waals surface area contributed by atoms with Crippen LogP contribution < -0.4 is 5.73 Å². The number of aromatic nitrogens is 3. The van der Waals surface area contributed by atoms with Gasteiger partial charge in [-0.25, -0.2) is 0 Å². The summed E-state index contributed by atoms with van der Waals surface area (Å²) in [5.74, 6) is 1.03. The lowest BCUT2D eigenvalue weighted by molar-refractivity contribution is 0.205. The molecule has 1 aromatic heterocycles. The maximum Gasteiger partial charge on any atom is 0.147 e. The summed E-state index contributed by atoms with van der Waals surface area (Å²) in [5, 5.41) is 8.05. The molecule has 0 fully saturated rings. The molecular weight excluding hydrogens is 226 g/mol. The zero-order chi connectivity index (χ0) is 12.4. The van der Waals surface area contributed by atoms with E-state index in [0.717, 1.165) is 32.0 Å². The smallest absolute Gasteiger partial charge is 0.147 e. The normalized spacial score (nSPS) is 17.4. The molecule has 1 unspecified atom stereocenters. The fourth-order valence-corrected chi connectivity index (χ4v) is 2.36. The molecule has 94 valence electrons. The van der Waals surface area contributed by atoms with Crippen LogP contribution >= 0.6 is 0 Å². The van der Waals surface area contributed by atoms with Crippen molar-refractivity contribution < 1.29 is 0 Å². The van der Waals surface area contributed by atoms with Crippen molar-refractivity contribution in [2.24, 2.45) is 5.73 Å². The van der Waals surface area contributed by atoms with E-state index in [2.05, 4.69) is 31.8 Å². The van der Waals surface area contributed by atoms with E-state index in [1.165, 1.54) is 5.56 Å². The summed E-state index contributed by atoms with van der Waals surface area (Å²) in [6, 6.07) is 10.3. The number of benzene rings is 1. The third-order valence-electron chi connectivity index (χ3n) is 3.40. The maximum atomic E-state index is 6.24. The summed E-state index contributed by atoms with van der Waals surface area (Å²) in [6.45, 7) is 3.65. The van der Waals surface area contributed by atoms with Crippen LogP contribution in [0.25, 0.3) is 0 Å². The molecule has 0 aliphatic carbocycles. The lowest BCUT2D eigenvalue weighted by atomic mass is 10.1. The molecule has 1 aliphatic rings. The van der Waals surface area contributed by atoms with Gasteiger partial charge in [0.2, 0.25) is 0 Å². The summed E-state index contributed by atoms with van der Waals surface area (Å²) >= 11 is 0. The van der Waals surface area contributed by atoms with Gasteiger partial charge in [0.15, 0.2) is 0 Å². The Balaban J connectivity index is 1.65. The third kappa shape index (κ3) is 2.27. The minimum absolute atomic E-state index is 0.0562. The standard InChI is InChI=1S/C13H17N5/c14-12(11-4-2-1-3-5-11)8-17-6-7-18-10-15-16-13(18)9-17/h1-5,10,12H,6-9,14H2. The second-order valence-electron chi connectivity index (χ2n) is 4.69. The van der Waals surface area contributed by atoms with Crippen molar-refractivity contribution in [2.45, 2.75) is 19.1 Å². The van der Waals surface area contributed by atoms with Gasteiger partial charge in [-0.05, 0) is 5.56 Å². The van der Waals surface area contributed by atoms with E-state index in [0.29, 0.717) is 0 Å². The maximum absolute atomic E-state index is 6.24. The van der Waals surface area contributed by atoms with Gasteiger partial charge in [-0.2, -0.15) is 0 Å². The van der Waals surface area contributed by atoms with Crippen LogP contribution in [0.15, 0.2) is 36.7 Å². The molecule has 0 spiro atoms. The Morgan fingerprint density at radius 1 is 1.22 bits per heavy atom. The van der Waals surface area contributed by atoms with Crippen LogP contribution in [0.4, 0.5) is 0 Å². The van der Waals surface area contributed by atoms with Gasteiger partial charge in [0.25, 0.3) is 0 Å². The molecule has 0 saturated heterocycles. The molecule has 2 aromatic rings. The number of nitrogens with two attached hydrogens (primary N) is 1. The molecule has 1 atom stereocenters. The highest BCUT2D eigenvalue weighted by atomic mass is 15.3. The Morgan fingerprint density at radius 2 is 2.06 bits per heavy atom. The lowest BCUT2D eigenvalue weighted by Gasteiger charge is -2.29. The van der Waals surface area contributed by atoms with Crippen LogP contribution in [0.3, 0.4) is 0 Å². The molecule has 5 heteroatoms. The molecule has 0 saturated carbocycles. The Hall–Kier alpha value is -1.72. The lowest BCUT2D eigenvalue weighted by Crippen LogP contribution is -2.38. The van der Waals surface area contributed by atoms with E-state index < -0.39 is 0 Å². The first-order valence-corrected chi connectivity index (χ1v) is 6.22. The quantitative estimate of drug-likeness (QED) is 0.866. The van der Waals surface area contributed by atoms with Crippen LogP contribution in [0.5, 0.6) is 0 Å². The van der Waals surface area contributed by atoms with Gasteiger partial charge in [0, 0.05) is 25.7 Å². The van der Waals surface area contributed by atoms with Crippen molar-refractivity contribution in [3.8, 4) is 0 Å². The predicted molar refractivity (Wildman–Crippen MR) is 68.7 cm³/mol.